The van der Waals surface area contributed by atoms with Crippen molar-refractivity contribution in [2.75, 3.05) is 31.1 Å². The van der Waals surface area contributed by atoms with Crippen LogP contribution in [0.15, 0.2) is 16.7 Å². The minimum atomic E-state index is -0.0308. The monoisotopic (exact) mass is 335 g/mol. The van der Waals surface area contributed by atoms with Gasteiger partial charge >= 0.3 is 6.03 Å². The fourth-order valence-corrected chi connectivity index (χ4v) is 3.30. The molecule has 2 amide bonds. The van der Waals surface area contributed by atoms with Gasteiger partial charge < -0.3 is 19.5 Å². The Kier molecular flexibility index (Phi) is 4.80. The van der Waals surface area contributed by atoms with Crippen molar-refractivity contribution in [2.24, 2.45) is 0 Å². The van der Waals surface area contributed by atoms with E-state index in [1.807, 2.05) is 17.9 Å². The number of anilines is 1. The van der Waals surface area contributed by atoms with Crippen LogP contribution in [0.5, 0.6) is 0 Å². The summed E-state index contributed by atoms with van der Waals surface area (Å²) in [7, 11) is 0. The molecule has 1 N–H and O–H groups in total. The predicted octanol–water partition coefficient (Wildman–Crippen LogP) is 2.03. The molecule has 1 saturated heterocycles. The van der Waals surface area contributed by atoms with Crippen LogP contribution < -0.4 is 10.2 Å². The van der Waals surface area contributed by atoms with E-state index in [4.69, 9.17) is 4.42 Å². The van der Waals surface area contributed by atoms with E-state index in [2.05, 4.69) is 26.5 Å². The van der Waals surface area contributed by atoms with Crippen molar-refractivity contribution < 1.29 is 9.21 Å². The van der Waals surface area contributed by atoms with Crippen LogP contribution in [0, 0.1) is 6.92 Å². The highest BCUT2D eigenvalue weighted by Gasteiger charge is 2.23. The highest BCUT2D eigenvalue weighted by molar-refractivity contribution is 7.09. The van der Waals surface area contributed by atoms with E-state index in [1.165, 1.54) is 11.5 Å². The lowest BCUT2D eigenvalue weighted by Crippen LogP contribution is -2.51. The van der Waals surface area contributed by atoms with Gasteiger partial charge in [0, 0.05) is 56.2 Å². The fourth-order valence-electron chi connectivity index (χ4n) is 2.49. The van der Waals surface area contributed by atoms with E-state index in [0.717, 1.165) is 41.8 Å². The second-order valence-electron chi connectivity index (χ2n) is 5.48. The first kappa shape index (κ1) is 15.8. The number of hydrogen-bond acceptors (Lipinski definition) is 6. The molecule has 2 aromatic heterocycles. The molecule has 0 unspecified atom stereocenters. The number of hydrogen-bond donors (Lipinski definition) is 1. The normalized spacial score (nSPS) is 15.0. The maximum atomic E-state index is 12.2. The van der Waals surface area contributed by atoms with Gasteiger partial charge in [0.15, 0.2) is 0 Å². The van der Waals surface area contributed by atoms with Crippen LogP contribution in [-0.4, -0.2) is 46.5 Å². The molecule has 0 radical (unpaired) electrons. The lowest BCUT2D eigenvalue weighted by Gasteiger charge is -2.34. The molecule has 0 bridgehead atoms. The molecule has 1 fully saturated rings. The Balaban J connectivity index is 1.48. The maximum Gasteiger partial charge on any atom is 0.317 e. The van der Waals surface area contributed by atoms with Crippen LogP contribution in [0.25, 0.3) is 0 Å². The van der Waals surface area contributed by atoms with Crippen molar-refractivity contribution in [3.63, 3.8) is 0 Å². The van der Waals surface area contributed by atoms with E-state index >= 15 is 0 Å². The number of rotatable bonds is 4. The van der Waals surface area contributed by atoms with Gasteiger partial charge in [0.25, 0.3) is 0 Å². The number of piperazine rings is 1. The zero-order chi connectivity index (χ0) is 16.2. The molecule has 23 heavy (non-hydrogen) atoms. The van der Waals surface area contributed by atoms with Gasteiger partial charge in [-0.3, -0.25) is 0 Å². The summed E-state index contributed by atoms with van der Waals surface area (Å²) in [5, 5.41) is 3.90. The van der Waals surface area contributed by atoms with Gasteiger partial charge in [0.2, 0.25) is 5.13 Å². The predicted molar refractivity (Wildman–Crippen MR) is 88.8 cm³/mol. The van der Waals surface area contributed by atoms with Gasteiger partial charge in [0.1, 0.15) is 11.6 Å². The largest absolute Gasteiger partial charge is 0.469 e. The molecular weight excluding hydrogens is 314 g/mol. The van der Waals surface area contributed by atoms with Crippen molar-refractivity contribution in [3.8, 4) is 0 Å². The van der Waals surface area contributed by atoms with E-state index in [0.29, 0.717) is 19.6 Å². The number of aromatic nitrogens is 2. The molecule has 2 aromatic rings. The van der Waals surface area contributed by atoms with Gasteiger partial charge in [0.05, 0.1) is 6.26 Å². The average Bonchev–Trinajstić information content (AvgIpc) is 3.21. The van der Waals surface area contributed by atoms with Crippen molar-refractivity contribution in [1.82, 2.24) is 19.6 Å². The lowest BCUT2D eigenvalue weighted by atomic mass is 10.2. The summed E-state index contributed by atoms with van der Waals surface area (Å²) in [5.41, 5.74) is 1.01. The minimum absolute atomic E-state index is 0.0308. The summed E-state index contributed by atoms with van der Waals surface area (Å²) in [6.45, 7) is 7.40. The van der Waals surface area contributed by atoms with E-state index in [9.17, 15) is 4.79 Å². The van der Waals surface area contributed by atoms with Gasteiger partial charge in [-0.2, -0.15) is 4.37 Å². The number of furan rings is 1. The summed E-state index contributed by atoms with van der Waals surface area (Å²) >= 11 is 1.44. The first-order valence-corrected chi connectivity index (χ1v) is 8.58. The van der Waals surface area contributed by atoms with Crippen LogP contribution >= 0.6 is 11.5 Å². The molecule has 0 aromatic carbocycles. The average molecular weight is 335 g/mol. The second-order valence-corrected chi connectivity index (χ2v) is 6.21. The molecule has 7 nitrogen and oxygen atoms in total. The molecule has 1 aliphatic heterocycles. The van der Waals surface area contributed by atoms with Gasteiger partial charge in [-0.05, 0) is 13.0 Å². The summed E-state index contributed by atoms with van der Waals surface area (Å²) in [5.74, 6) is 1.73. The van der Waals surface area contributed by atoms with Crippen molar-refractivity contribution in [3.05, 3.63) is 29.5 Å². The fraction of sp³-hybridized carbons (Fsp3) is 0.533. The summed E-state index contributed by atoms with van der Waals surface area (Å²) < 4.78 is 9.55. The number of nitrogens with zero attached hydrogens (tertiary/aromatic N) is 4. The summed E-state index contributed by atoms with van der Waals surface area (Å²) in [4.78, 5) is 20.8. The Morgan fingerprint density at radius 3 is 2.78 bits per heavy atom. The third-order valence-electron chi connectivity index (χ3n) is 4.01. The van der Waals surface area contributed by atoms with Crippen LogP contribution in [0.4, 0.5) is 9.93 Å². The molecule has 8 heteroatoms. The summed E-state index contributed by atoms with van der Waals surface area (Å²) in [6.07, 6.45) is 2.49. The Bertz CT molecular complexity index is 660. The van der Waals surface area contributed by atoms with Gasteiger partial charge in [-0.25, -0.2) is 9.78 Å². The van der Waals surface area contributed by atoms with E-state index < -0.39 is 0 Å². The zero-order valence-electron chi connectivity index (χ0n) is 13.4. The Morgan fingerprint density at radius 2 is 2.17 bits per heavy atom. The smallest absolute Gasteiger partial charge is 0.317 e. The number of amides is 2. The molecule has 0 aliphatic carbocycles. The van der Waals surface area contributed by atoms with Crippen LogP contribution in [0.1, 0.15) is 24.1 Å². The number of aryl methyl sites for hydroxylation is 2. The Morgan fingerprint density at radius 1 is 1.39 bits per heavy atom. The molecule has 0 spiro atoms. The molecule has 1 aliphatic rings. The number of urea groups is 1. The summed E-state index contributed by atoms with van der Waals surface area (Å²) in [6, 6.07) is 1.85. The van der Waals surface area contributed by atoms with E-state index in [1.54, 1.807) is 6.26 Å². The molecular formula is C15H21N5O2S. The highest BCUT2D eigenvalue weighted by atomic mass is 32.1. The molecule has 3 rings (SSSR count). The second kappa shape index (κ2) is 6.99. The van der Waals surface area contributed by atoms with Gasteiger partial charge in [-0.15, -0.1) is 0 Å². The maximum absolute atomic E-state index is 12.2. The lowest BCUT2D eigenvalue weighted by molar-refractivity contribution is 0.194. The standard InChI is InChI=1S/C15H21N5O2S/c1-3-13-17-15(23-18-13)20-7-5-19(6-8-20)14(21)16-10-12-4-9-22-11(12)2/h4,9H,3,5-8,10H2,1-2H3,(H,16,21). The van der Waals surface area contributed by atoms with Gasteiger partial charge in [-0.1, -0.05) is 6.92 Å². The molecule has 124 valence electrons. The SMILES string of the molecule is CCc1nsc(N2CCN(C(=O)NCc3ccoc3C)CC2)n1. The Hall–Kier alpha value is -2.09. The third-order valence-corrected chi connectivity index (χ3v) is 4.82. The molecule has 3 heterocycles. The Labute approximate surface area is 139 Å². The first-order valence-electron chi connectivity index (χ1n) is 7.80. The van der Waals surface area contributed by atoms with Crippen molar-refractivity contribution >= 4 is 22.7 Å². The third kappa shape index (κ3) is 3.64. The zero-order valence-corrected chi connectivity index (χ0v) is 14.2. The molecule has 0 atom stereocenters. The number of carbonyl (C=O) groups excluding carboxylic acids is 1. The quantitative estimate of drug-likeness (QED) is 0.925. The van der Waals surface area contributed by atoms with Crippen molar-refractivity contribution in [2.45, 2.75) is 26.8 Å². The first-order chi connectivity index (χ1) is 11.2. The van der Waals surface area contributed by atoms with Crippen LogP contribution in [-0.2, 0) is 13.0 Å². The van der Waals surface area contributed by atoms with E-state index in [-0.39, 0.29) is 6.03 Å². The number of nitrogens with one attached hydrogen (secondary N) is 1. The van der Waals surface area contributed by atoms with Crippen LogP contribution in [0.2, 0.25) is 0 Å². The minimum Gasteiger partial charge on any atom is -0.469 e. The highest BCUT2D eigenvalue weighted by Crippen LogP contribution is 2.19. The van der Waals surface area contributed by atoms with Crippen LogP contribution in [0.3, 0.4) is 0 Å². The molecule has 0 saturated carbocycles. The topological polar surface area (TPSA) is 74.5 Å². The number of carbonyl (C=O) groups is 1. The van der Waals surface area contributed by atoms with Crippen molar-refractivity contribution in [1.29, 1.82) is 0 Å².